The third kappa shape index (κ3) is 4.82. The molecule has 0 heterocycles. The van der Waals surface area contributed by atoms with Gasteiger partial charge in [-0.15, -0.1) is 11.6 Å². The monoisotopic (exact) mass is 190 g/mol. The molecule has 0 aromatic carbocycles. The molecule has 1 N–H and O–H groups in total. The molecule has 0 radical (unpaired) electrons. The molecular weight excluding hydrogens is 186 g/mol. The summed E-state index contributed by atoms with van der Waals surface area (Å²) in [6, 6.07) is 0. The van der Waals surface area contributed by atoms with Gasteiger partial charge < -0.3 is 5.11 Å². The predicted octanol–water partition coefficient (Wildman–Crippen LogP) is 1.87. The zero-order chi connectivity index (χ0) is 7.49. The first-order valence-electron chi connectivity index (χ1n) is 2.13. The molecule has 0 bridgehead atoms. The van der Waals surface area contributed by atoms with E-state index < -0.39 is 10.3 Å². The number of carboxylic acids is 1. The second-order valence-corrected chi connectivity index (χ2v) is 3.47. The Morgan fingerprint density at radius 1 is 1.56 bits per heavy atom. The summed E-state index contributed by atoms with van der Waals surface area (Å²) in [5.41, 5.74) is 0. The molecule has 0 rings (SSSR count). The van der Waals surface area contributed by atoms with Gasteiger partial charge in [-0.25, -0.2) is 0 Å². The van der Waals surface area contributed by atoms with Crippen LogP contribution in [0.3, 0.4) is 0 Å². The predicted molar refractivity (Wildman–Crippen MR) is 37.4 cm³/mol. The summed E-state index contributed by atoms with van der Waals surface area (Å²) < 4.78 is -1.33. The second kappa shape index (κ2) is 3.49. The number of hydrogen-bond acceptors (Lipinski definition) is 1. The Kier molecular flexibility index (Phi) is 3.63. The molecule has 0 aliphatic carbocycles. The minimum Gasteiger partial charge on any atom is -0.481 e. The highest BCUT2D eigenvalue weighted by molar-refractivity contribution is 6.52. The second-order valence-electron chi connectivity index (χ2n) is 1.56. The number of hydrogen-bond donors (Lipinski definition) is 1. The van der Waals surface area contributed by atoms with Crippen molar-refractivity contribution in [1.82, 2.24) is 0 Å². The molecule has 5 heteroatoms. The molecule has 9 heavy (non-hydrogen) atoms. The van der Waals surface area contributed by atoms with Crippen LogP contribution in [0.4, 0.5) is 0 Å². The smallest absolute Gasteiger partial charge is 0.306 e. The van der Waals surface area contributed by atoms with Crippen LogP contribution in [0.1, 0.15) is 6.42 Å². The molecule has 0 aliphatic rings. The molecule has 0 aromatic rings. The number of carboxylic acid groups (broad SMARTS) is 1. The lowest BCUT2D eigenvalue weighted by Crippen LogP contribution is -2.19. The van der Waals surface area contributed by atoms with Gasteiger partial charge in [-0.3, -0.25) is 4.79 Å². The van der Waals surface area contributed by atoms with Crippen LogP contribution < -0.4 is 0 Å². The van der Waals surface area contributed by atoms with Crippen LogP contribution in [0.5, 0.6) is 0 Å². The van der Waals surface area contributed by atoms with Crippen molar-refractivity contribution in [1.29, 1.82) is 0 Å². The van der Waals surface area contributed by atoms with E-state index in [1.807, 2.05) is 0 Å². The highest BCUT2D eigenvalue weighted by Crippen LogP contribution is 2.26. The van der Waals surface area contributed by atoms with Crippen molar-refractivity contribution in [3.8, 4) is 0 Å². The lowest BCUT2D eigenvalue weighted by Gasteiger charge is -2.11. The molecule has 0 saturated carbocycles. The van der Waals surface area contributed by atoms with Crippen LogP contribution in [-0.2, 0) is 4.79 Å². The van der Waals surface area contributed by atoms with Crippen LogP contribution in [0.25, 0.3) is 0 Å². The fraction of sp³-hybridized carbons (Fsp3) is 0.750. The topological polar surface area (TPSA) is 37.3 Å². The summed E-state index contributed by atoms with van der Waals surface area (Å²) in [5, 5.41) is 8.15. The van der Waals surface area contributed by atoms with E-state index >= 15 is 0 Å². The van der Waals surface area contributed by atoms with Crippen molar-refractivity contribution in [3.05, 3.63) is 0 Å². The summed E-state index contributed by atoms with van der Waals surface area (Å²) in [6.07, 6.45) is -0.334. The Labute approximate surface area is 67.7 Å². The van der Waals surface area contributed by atoms with Gasteiger partial charge in [0.1, 0.15) is 4.33 Å². The summed E-state index contributed by atoms with van der Waals surface area (Å²) in [5.74, 6) is -1.14. The first-order valence-corrected chi connectivity index (χ1v) is 3.42. The Morgan fingerprint density at radius 2 is 2.00 bits per heavy atom. The molecule has 2 nitrogen and oxygen atoms in total. The molecular formula is C4H5Cl3O2. The van der Waals surface area contributed by atoms with Gasteiger partial charge in [0.15, 0.2) is 0 Å². The highest BCUT2D eigenvalue weighted by Gasteiger charge is 2.25. The fourth-order valence-corrected chi connectivity index (χ4v) is 0.592. The average molecular weight is 191 g/mol. The van der Waals surface area contributed by atoms with E-state index in [0.717, 1.165) is 0 Å². The number of halogens is 3. The Morgan fingerprint density at radius 3 is 2.11 bits per heavy atom. The van der Waals surface area contributed by atoms with E-state index in [0.29, 0.717) is 0 Å². The average Bonchev–Trinajstić information content (AvgIpc) is 1.63. The van der Waals surface area contributed by atoms with Crippen molar-refractivity contribution >= 4 is 40.8 Å². The number of rotatable bonds is 3. The molecule has 54 valence electrons. The fourth-order valence-electron chi connectivity index (χ4n) is 0.268. The Hall–Kier alpha value is 0.340. The van der Waals surface area contributed by atoms with Gasteiger partial charge in [0.2, 0.25) is 0 Å². The van der Waals surface area contributed by atoms with E-state index in [4.69, 9.17) is 39.9 Å². The first kappa shape index (κ1) is 9.34. The molecule has 0 aromatic heterocycles. The van der Waals surface area contributed by atoms with E-state index in [-0.39, 0.29) is 12.3 Å². The molecule has 0 unspecified atom stereocenters. The number of carbonyl (C=O) groups is 1. The Bertz CT molecular complexity index is 112. The third-order valence-electron chi connectivity index (χ3n) is 0.605. The summed E-state index contributed by atoms with van der Waals surface area (Å²) in [4.78, 5) is 9.95. The maximum atomic E-state index is 9.95. The van der Waals surface area contributed by atoms with Gasteiger partial charge >= 0.3 is 5.97 Å². The lowest BCUT2D eigenvalue weighted by molar-refractivity contribution is -0.137. The van der Waals surface area contributed by atoms with Crippen LogP contribution >= 0.6 is 34.8 Å². The molecule has 0 atom stereocenters. The van der Waals surface area contributed by atoms with Crippen LogP contribution in [-0.4, -0.2) is 21.3 Å². The maximum Gasteiger partial charge on any atom is 0.306 e. The van der Waals surface area contributed by atoms with Gasteiger partial charge in [-0.1, -0.05) is 23.2 Å². The summed E-state index contributed by atoms with van der Waals surface area (Å²) in [7, 11) is 0. The zero-order valence-electron chi connectivity index (χ0n) is 4.40. The number of aliphatic carboxylic acids is 1. The standard InChI is InChI=1S/C4H5Cl3O2/c5-2-4(6,7)1-3(8)9/h1-2H2,(H,8,9). The third-order valence-corrected chi connectivity index (χ3v) is 1.87. The quantitative estimate of drug-likeness (QED) is 0.692. The minimum absolute atomic E-state index is 0.0809. The zero-order valence-corrected chi connectivity index (χ0v) is 6.67. The lowest BCUT2D eigenvalue weighted by atomic mass is 10.3. The van der Waals surface area contributed by atoms with E-state index in [1.165, 1.54) is 0 Å². The first-order chi connectivity index (χ1) is 3.98. The van der Waals surface area contributed by atoms with Crippen molar-refractivity contribution in [2.75, 3.05) is 5.88 Å². The van der Waals surface area contributed by atoms with Gasteiger partial charge in [0.25, 0.3) is 0 Å². The van der Waals surface area contributed by atoms with Crippen LogP contribution in [0.2, 0.25) is 0 Å². The minimum atomic E-state index is -1.33. The number of alkyl halides is 3. The highest BCUT2D eigenvalue weighted by atomic mass is 35.5. The molecule has 0 aliphatic heterocycles. The van der Waals surface area contributed by atoms with Gasteiger partial charge in [-0.2, -0.15) is 0 Å². The van der Waals surface area contributed by atoms with Crippen molar-refractivity contribution < 1.29 is 9.90 Å². The van der Waals surface area contributed by atoms with Crippen LogP contribution in [0.15, 0.2) is 0 Å². The molecule has 0 fully saturated rings. The van der Waals surface area contributed by atoms with E-state index in [2.05, 4.69) is 0 Å². The SMILES string of the molecule is O=C(O)CC(Cl)(Cl)CCl. The summed E-state index contributed by atoms with van der Waals surface area (Å²) in [6.45, 7) is 0. The van der Waals surface area contributed by atoms with Crippen LogP contribution in [0, 0.1) is 0 Å². The van der Waals surface area contributed by atoms with E-state index in [1.54, 1.807) is 0 Å². The van der Waals surface area contributed by atoms with Crippen molar-refractivity contribution in [2.24, 2.45) is 0 Å². The van der Waals surface area contributed by atoms with E-state index in [9.17, 15) is 4.79 Å². The van der Waals surface area contributed by atoms with Gasteiger partial charge in [-0.05, 0) is 0 Å². The van der Waals surface area contributed by atoms with Crippen molar-refractivity contribution in [2.45, 2.75) is 10.8 Å². The largest absolute Gasteiger partial charge is 0.481 e. The summed E-state index contributed by atoms with van der Waals surface area (Å²) >= 11 is 15.9. The van der Waals surface area contributed by atoms with Gasteiger partial charge in [0, 0.05) is 0 Å². The van der Waals surface area contributed by atoms with Gasteiger partial charge in [0.05, 0.1) is 12.3 Å². The maximum absolute atomic E-state index is 9.95. The normalized spacial score (nSPS) is 11.4. The molecule has 0 amide bonds. The van der Waals surface area contributed by atoms with Crippen molar-refractivity contribution in [3.63, 3.8) is 0 Å². The molecule has 0 saturated heterocycles. The Balaban J connectivity index is 3.71. The molecule has 0 spiro atoms.